The van der Waals surface area contributed by atoms with Crippen LogP contribution in [0.15, 0.2) is 30.4 Å². The zero-order valence-corrected chi connectivity index (χ0v) is 11.1. The van der Waals surface area contributed by atoms with Crippen LogP contribution >= 0.6 is 0 Å². The van der Waals surface area contributed by atoms with E-state index in [0.29, 0.717) is 18.6 Å². The molecule has 0 heterocycles. The lowest BCUT2D eigenvalue weighted by Crippen LogP contribution is -1.97. The number of carbonyl (C=O) groups excluding carboxylic acids is 1. The summed E-state index contributed by atoms with van der Waals surface area (Å²) in [6, 6.07) is 6.55. The lowest BCUT2D eigenvalue weighted by Gasteiger charge is -2.04. The summed E-state index contributed by atoms with van der Waals surface area (Å²) < 4.78 is 0. The van der Waals surface area contributed by atoms with Crippen molar-refractivity contribution < 1.29 is 4.79 Å². The van der Waals surface area contributed by atoms with E-state index in [-0.39, 0.29) is 0 Å². The SMILES string of the molecule is C/C=C\CC(=O)CCCc1ccc(C)c(C)c1. The summed E-state index contributed by atoms with van der Waals surface area (Å²) in [5, 5.41) is 0. The van der Waals surface area contributed by atoms with E-state index in [1.54, 1.807) is 0 Å². The molecule has 0 fully saturated rings. The van der Waals surface area contributed by atoms with Gasteiger partial charge in [0.25, 0.3) is 0 Å². The van der Waals surface area contributed by atoms with E-state index in [9.17, 15) is 4.79 Å². The fraction of sp³-hybridized carbons (Fsp3) is 0.438. The van der Waals surface area contributed by atoms with E-state index in [0.717, 1.165) is 12.8 Å². The fourth-order valence-electron chi connectivity index (χ4n) is 1.80. The average molecular weight is 230 g/mol. The fourth-order valence-corrected chi connectivity index (χ4v) is 1.80. The summed E-state index contributed by atoms with van der Waals surface area (Å²) >= 11 is 0. The molecule has 0 spiro atoms. The van der Waals surface area contributed by atoms with Gasteiger partial charge in [-0.2, -0.15) is 0 Å². The van der Waals surface area contributed by atoms with E-state index in [1.807, 2.05) is 19.1 Å². The molecule has 17 heavy (non-hydrogen) atoms. The van der Waals surface area contributed by atoms with Crippen LogP contribution in [-0.4, -0.2) is 5.78 Å². The van der Waals surface area contributed by atoms with Crippen LogP contribution in [0.5, 0.6) is 0 Å². The zero-order valence-electron chi connectivity index (χ0n) is 11.1. The molecule has 0 amide bonds. The smallest absolute Gasteiger partial charge is 0.136 e. The highest BCUT2D eigenvalue weighted by Crippen LogP contribution is 2.12. The molecular weight excluding hydrogens is 208 g/mol. The van der Waals surface area contributed by atoms with Gasteiger partial charge in [-0.05, 0) is 50.3 Å². The van der Waals surface area contributed by atoms with Gasteiger partial charge >= 0.3 is 0 Å². The first-order valence-corrected chi connectivity index (χ1v) is 6.32. The predicted molar refractivity (Wildman–Crippen MR) is 73.3 cm³/mol. The molecule has 1 heteroatoms. The first kappa shape index (κ1) is 13.7. The molecule has 1 aromatic carbocycles. The van der Waals surface area contributed by atoms with Crippen LogP contribution in [0.2, 0.25) is 0 Å². The van der Waals surface area contributed by atoms with Crippen molar-refractivity contribution in [3.63, 3.8) is 0 Å². The number of rotatable bonds is 6. The highest BCUT2D eigenvalue weighted by Gasteiger charge is 2.01. The average Bonchev–Trinajstić information content (AvgIpc) is 2.31. The third-order valence-electron chi connectivity index (χ3n) is 3.07. The van der Waals surface area contributed by atoms with Crippen molar-refractivity contribution >= 4 is 5.78 Å². The van der Waals surface area contributed by atoms with Gasteiger partial charge in [0.05, 0.1) is 0 Å². The highest BCUT2D eigenvalue weighted by atomic mass is 16.1. The zero-order chi connectivity index (χ0) is 12.7. The molecule has 1 nitrogen and oxygen atoms in total. The molecule has 0 aliphatic carbocycles. The normalized spacial score (nSPS) is 11.0. The summed E-state index contributed by atoms with van der Waals surface area (Å²) in [5.74, 6) is 0.340. The minimum Gasteiger partial charge on any atom is -0.299 e. The van der Waals surface area contributed by atoms with Gasteiger partial charge in [-0.1, -0.05) is 30.4 Å². The molecule has 92 valence electrons. The third-order valence-corrected chi connectivity index (χ3v) is 3.07. The van der Waals surface area contributed by atoms with Gasteiger partial charge in [-0.3, -0.25) is 4.79 Å². The molecule has 0 aliphatic heterocycles. The number of Topliss-reactive ketones (excluding diaryl/α,β-unsaturated/α-hetero) is 1. The van der Waals surface area contributed by atoms with Gasteiger partial charge in [0.1, 0.15) is 5.78 Å². The molecular formula is C16H22O. The second-order valence-corrected chi connectivity index (χ2v) is 4.58. The minimum absolute atomic E-state index is 0.340. The number of allylic oxidation sites excluding steroid dienone is 2. The second-order valence-electron chi connectivity index (χ2n) is 4.58. The van der Waals surface area contributed by atoms with Crippen molar-refractivity contribution in [3.05, 3.63) is 47.0 Å². The molecule has 1 aromatic rings. The van der Waals surface area contributed by atoms with Crippen LogP contribution in [0.25, 0.3) is 0 Å². The minimum atomic E-state index is 0.340. The monoisotopic (exact) mass is 230 g/mol. The maximum absolute atomic E-state index is 11.5. The van der Waals surface area contributed by atoms with Crippen molar-refractivity contribution in [1.29, 1.82) is 0 Å². The van der Waals surface area contributed by atoms with Gasteiger partial charge in [0.2, 0.25) is 0 Å². The van der Waals surface area contributed by atoms with Gasteiger partial charge in [-0.15, -0.1) is 0 Å². The first-order valence-electron chi connectivity index (χ1n) is 6.32. The molecule has 0 saturated heterocycles. The summed E-state index contributed by atoms with van der Waals surface area (Å²) in [6.07, 6.45) is 7.10. The molecule has 0 N–H and O–H groups in total. The summed E-state index contributed by atoms with van der Waals surface area (Å²) in [7, 11) is 0. The van der Waals surface area contributed by atoms with Crippen molar-refractivity contribution in [1.82, 2.24) is 0 Å². The van der Waals surface area contributed by atoms with Crippen molar-refractivity contribution in [2.45, 2.75) is 46.5 Å². The largest absolute Gasteiger partial charge is 0.299 e. The Balaban J connectivity index is 2.35. The van der Waals surface area contributed by atoms with Crippen LogP contribution in [0, 0.1) is 13.8 Å². The maximum Gasteiger partial charge on any atom is 0.136 e. The highest BCUT2D eigenvalue weighted by molar-refractivity contribution is 5.79. The second kappa shape index (κ2) is 7.05. The Morgan fingerprint density at radius 2 is 2.00 bits per heavy atom. The lowest BCUT2D eigenvalue weighted by molar-refractivity contribution is -0.118. The standard InChI is InChI=1S/C16H22O/c1-4-5-8-16(17)9-6-7-15-11-10-13(2)14(3)12-15/h4-5,10-12H,6-9H2,1-3H3/b5-4-. The lowest BCUT2D eigenvalue weighted by atomic mass is 10.0. The summed E-state index contributed by atoms with van der Waals surface area (Å²) in [6.45, 7) is 6.21. The maximum atomic E-state index is 11.5. The Morgan fingerprint density at radius 1 is 1.24 bits per heavy atom. The number of aryl methyl sites for hydroxylation is 3. The van der Waals surface area contributed by atoms with Crippen LogP contribution in [0.3, 0.4) is 0 Å². The Kier molecular flexibility index (Phi) is 5.68. The number of benzene rings is 1. The number of hydrogen-bond donors (Lipinski definition) is 0. The number of hydrogen-bond acceptors (Lipinski definition) is 1. The number of ketones is 1. The molecule has 0 aliphatic rings. The van der Waals surface area contributed by atoms with E-state index in [4.69, 9.17) is 0 Å². The Bertz CT molecular complexity index is 402. The van der Waals surface area contributed by atoms with Crippen LogP contribution in [0.1, 0.15) is 42.9 Å². The van der Waals surface area contributed by atoms with E-state index >= 15 is 0 Å². The molecule has 0 atom stereocenters. The van der Waals surface area contributed by atoms with Crippen LogP contribution < -0.4 is 0 Å². The predicted octanol–water partition coefficient (Wildman–Crippen LogP) is 4.16. The Hall–Kier alpha value is -1.37. The van der Waals surface area contributed by atoms with Crippen molar-refractivity contribution in [3.8, 4) is 0 Å². The van der Waals surface area contributed by atoms with Gasteiger partial charge in [0, 0.05) is 12.8 Å². The number of carbonyl (C=O) groups is 1. The Labute approximate surface area is 105 Å². The molecule has 0 radical (unpaired) electrons. The topological polar surface area (TPSA) is 17.1 Å². The van der Waals surface area contributed by atoms with Crippen molar-refractivity contribution in [2.75, 3.05) is 0 Å². The van der Waals surface area contributed by atoms with Crippen molar-refractivity contribution in [2.24, 2.45) is 0 Å². The molecule has 1 rings (SSSR count). The van der Waals surface area contributed by atoms with E-state index in [1.165, 1.54) is 16.7 Å². The van der Waals surface area contributed by atoms with Gasteiger partial charge in [-0.25, -0.2) is 0 Å². The van der Waals surface area contributed by atoms with E-state index < -0.39 is 0 Å². The summed E-state index contributed by atoms with van der Waals surface area (Å²) in [5.41, 5.74) is 4.01. The molecule has 0 aromatic heterocycles. The molecule has 0 bridgehead atoms. The van der Waals surface area contributed by atoms with Gasteiger partial charge < -0.3 is 0 Å². The van der Waals surface area contributed by atoms with E-state index in [2.05, 4.69) is 32.0 Å². The van der Waals surface area contributed by atoms with Crippen LogP contribution in [0.4, 0.5) is 0 Å². The van der Waals surface area contributed by atoms with Gasteiger partial charge in [0.15, 0.2) is 0 Å². The third kappa shape index (κ3) is 4.99. The van der Waals surface area contributed by atoms with Crippen LogP contribution in [-0.2, 0) is 11.2 Å². The first-order chi connectivity index (χ1) is 8.13. The quantitative estimate of drug-likeness (QED) is 0.671. The molecule has 0 saturated carbocycles. The molecule has 0 unspecified atom stereocenters. The Morgan fingerprint density at radius 3 is 2.65 bits per heavy atom. The summed E-state index contributed by atoms with van der Waals surface area (Å²) in [4.78, 5) is 11.5.